The Labute approximate surface area is 131 Å². The van der Waals surface area contributed by atoms with Crippen LogP contribution in [0, 0.1) is 0 Å². The summed E-state index contributed by atoms with van der Waals surface area (Å²) >= 11 is 0. The molecule has 0 spiro atoms. The number of pyridine rings is 1. The third kappa shape index (κ3) is 3.52. The fourth-order valence-corrected chi connectivity index (χ4v) is 2.90. The smallest absolute Gasteiger partial charge is 0.221 e. The molecule has 0 aliphatic carbocycles. The van der Waals surface area contributed by atoms with Gasteiger partial charge in [0.15, 0.2) is 0 Å². The van der Waals surface area contributed by atoms with Crippen molar-refractivity contribution in [3.63, 3.8) is 0 Å². The Bertz CT molecular complexity index is 663. The number of carbonyl (C=O) groups is 1. The number of nitrogens with zero attached hydrogens (tertiary/aromatic N) is 1. The highest BCUT2D eigenvalue weighted by Crippen LogP contribution is 2.26. The molecule has 1 aromatic carbocycles. The van der Waals surface area contributed by atoms with Gasteiger partial charge in [0.25, 0.3) is 0 Å². The minimum Gasteiger partial charge on any atom is -0.326 e. The molecule has 1 aliphatic rings. The van der Waals surface area contributed by atoms with E-state index < -0.39 is 0 Å². The number of benzene rings is 1. The van der Waals surface area contributed by atoms with Gasteiger partial charge in [-0.05, 0) is 43.7 Å². The molecule has 4 nitrogen and oxygen atoms in total. The molecule has 2 heterocycles. The van der Waals surface area contributed by atoms with E-state index >= 15 is 0 Å². The highest BCUT2D eigenvalue weighted by atomic mass is 16.1. The number of aromatic nitrogens is 1. The molecule has 2 N–H and O–H groups in total. The van der Waals surface area contributed by atoms with Crippen molar-refractivity contribution in [2.75, 3.05) is 18.4 Å². The van der Waals surface area contributed by atoms with Crippen LogP contribution in [0.3, 0.4) is 0 Å². The second-order valence-electron chi connectivity index (χ2n) is 5.75. The molecule has 1 atom stereocenters. The topological polar surface area (TPSA) is 54.0 Å². The number of nitrogens with one attached hydrogen (secondary N) is 2. The summed E-state index contributed by atoms with van der Waals surface area (Å²) in [7, 11) is 0. The van der Waals surface area contributed by atoms with E-state index in [1.54, 1.807) is 0 Å². The third-order valence-corrected chi connectivity index (χ3v) is 3.96. The second-order valence-corrected chi connectivity index (χ2v) is 5.75. The lowest BCUT2D eigenvalue weighted by molar-refractivity contribution is -0.114. The number of anilines is 1. The number of hydrogen-bond acceptors (Lipinski definition) is 3. The fraction of sp³-hybridized carbons (Fsp3) is 0.333. The van der Waals surface area contributed by atoms with E-state index in [0.29, 0.717) is 5.92 Å². The predicted octanol–water partition coefficient (Wildman–Crippen LogP) is 3.17. The van der Waals surface area contributed by atoms with Crippen molar-refractivity contribution in [2.45, 2.75) is 25.7 Å². The molecule has 4 heteroatoms. The fourth-order valence-electron chi connectivity index (χ4n) is 2.90. The van der Waals surface area contributed by atoms with Crippen LogP contribution in [0.25, 0.3) is 11.3 Å². The molecule has 1 aromatic heterocycles. The van der Waals surface area contributed by atoms with E-state index in [4.69, 9.17) is 4.98 Å². The average Bonchev–Trinajstić information content (AvgIpc) is 2.55. The first-order valence-electron chi connectivity index (χ1n) is 7.78. The van der Waals surface area contributed by atoms with Gasteiger partial charge >= 0.3 is 0 Å². The minimum atomic E-state index is -0.0628. The van der Waals surface area contributed by atoms with Crippen molar-refractivity contribution in [1.82, 2.24) is 10.3 Å². The number of hydrogen-bond donors (Lipinski definition) is 2. The van der Waals surface area contributed by atoms with Crippen LogP contribution in [0.15, 0.2) is 42.5 Å². The van der Waals surface area contributed by atoms with Crippen LogP contribution in [-0.4, -0.2) is 24.0 Å². The van der Waals surface area contributed by atoms with E-state index in [1.807, 2.05) is 30.3 Å². The summed E-state index contributed by atoms with van der Waals surface area (Å²) in [6.45, 7) is 3.62. The molecule has 1 fully saturated rings. The lowest BCUT2D eigenvalue weighted by atomic mass is 9.95. The first kappa shape index (κ1) is 14.7. The summed E-state index contributed by atoms with van der Waals surface area (Å²) < 4.78 is 0. The zero-order valence-electron chi connectivity index (χ0n) is 12.8. The van der Waals surface area contributed by atoms with Crippen molar-refractivity contribution in [3.8, 4) is 11.3 Å². The van der Waals surface area contributed by atoms with Gasteiger partial charge in [-0.2, -0.15) is 0 Å². The zero-order valence-corrected chi connectivity index (χ0v) is 12.8. The largest absolute Gasteiger partial charge is 0.326 e. The van der Waals surface area contributed by atoms with E-state index in [0.717, 1.165) is 35.7 Å². The summed E-state index contributed by atoms with van der Waals surface area (Å²) in [4.78, 5) is 16.0. The Hall–Kier alpha value is -2.20. The molecule has 0 unspecified atom stereocenters. The quantitative estimate of drug-likeness (QED) is 0.914. The summed E-state index contributed by atoms with van der Waals surface area (Å²) in [5.74, 6) is 0.430. The zero-order chi connectivity index (χ0) is 15.4. The van der Waals surface area contributed by atoms with Crippen LogP contribution in [0.2, 0.25) is 0 Å². The maximum absolute atomic E-state index is 11.2. The van der Waals surface area contributed by atoms with Crippen molar-refractivity contribution in [3.05, 3.63) is 48.2 Å². The molecule has 0 bridgehead atoms. The molecule has 0 radical (unpaired) electrons. The van der Waals surface area contributed by atoms with Crippen molar-refractivity contribution >= 4 is 11.6 Å². The number of amides is 1. The van der Waals surface area contributed by atoms with Gasteiger partial charge in [-0.3, -0.25) is 9.78 Å². The highest BCUT2D eigenvalue weighted by molar-refractivity contribution is 5.89. The molecule has 114 valence electrons. The van der Waals surface area contributed by atoms with E-state index in [-0.39, 0.29) is 5.91 Å². The van der Waals surface area contributed by atoms with Crippen LogP contribution < -0.4 is 10.6 Å². The Morgan fingerprint density at radius 3 is 2.91 bits per heavy atom. The van der Waals surface area contributed by atoms with E-state index in [2.05, 4.69) is 22.8 Å². The Kier molecular flexibility index (Phi) is 4.49. The Morgan fingerprint density at radius 2 is 2.14 bits per heavy atom. The Balaban J connectivity index is 1.86. The van der Waals surface area contributed by atoms with Gasteiger partial charge in [0.2, 0.25) is 5.91 Å². The van der Waals surface area contributed by atoms with Gasteiger partial charge < -0.3 is 10.6 Å². The van der Waals surface area contributed by atoms with Crippen molar-refractivity contribution in [2.24, 2.45) is 0 Å². The standard InChI is InChI=1S/C18H21N3O/c1-13(22)20-16-7-2-5-14(11-16)17-8-3-9-18(21-17)15-6-4-10-19-12-15/h2-3,5,7-9,11,15,19H,4,6,10,12H2,1H3,(H,20,22)/t15-/m0/s1. The van der Waals surface area contributed by atoms with Gasteiger partial charge in [-0.15, -0.1) is 0 Å². The summed E-state index contributed by atoms with van der Waals surface area (Å²) in [5, 5.41) is 6.25. The molecule has 22 heavy (non-hydrogen) atoms. The van der Waals surface area contributed by atoms with Crippen molar-refractivity contribution in [1.29, 1.82) is 0 Å². The van der Waals surface area contributed by atoms with Gasteiger partial charge in [-0.25, -0.2) is 0 Å². The molecular formula is C18H21N3O. The summed E-state index contributed by atoms with van der Waals surface area (Å²) in [6.07, 6.45) is 2.39. The van der Waals surface area contributed by atoms with Crippen LogP contribution in [-0.2, 0) is 4.79 Å². The van der Waals surface area contributed by atoms with E-state index in [9.17, 15) is 4.79 Å². The maximum Gasteiger partial charge on any atom is 0.221 e. The molecule has 1 amide bonds. The summed E-state index contributed by atoms with van der Waals surface area (Å²) in [5.41, 5.74) is 3.93. The SMILES string of the molecule is CC(=O)Nc1cccc(-c2cccc([C@H]3CCCNC3)n2)c1. The molecule has 3 rings (SSSR count). The van der Waals surface area contributed by atoms with Crippen LogP contribution in [0.4, 0.5) is 5.69 Å². The number of rotatable bonds is 3. The molecule has 1 aliphatic heterocycles. The molecular weight excluding hydrogens is 274 g/mol. The van der Waals surface area contributed by atoms with Crippen LogP contribution in [0.5, 0.6) is 0 Å². The van der Waals surface area contributed by atoms with Crippen molar-refractivity contribution < 1.29 is 4.79 Å². The lowest BCUT2D eigenvalue weighted by Gasteiger charge is -2.22. The maximum atomic E-state index is 11.2. The van der Waals surface area contributed by atoms with Gasteiger partial charge in [0.05, 0.1) is 5.69 Å². The summed E-state index contributed by atoms with van der Waals surface area (Å²) in [6, 6.07) is 14.0. The Morgan fingerprint density at radius 1 is 1.27 bits per heavy atom. The highest BCUT2D eigenvalue weighted by Gasteiger charge is 2.16. The molecule has 1 saturated heterocycles. The predicted molar refractivity (Wildman–Crippen MR) is 88.8 cm³/mol. The first-order chi connectivity index (χ1) is 10.7. The van der Waals surface area contributed by atoms with Gasteiger partial charge in [0, 0.05) is 36.3 Å². The second kappa shape index (κ2) is 6.71. The average molecular weight is 295 g/mol. The lowest BCUT2D eigenvalue weighted by Crippen LogP contribution is -2.28. The first-order valence-corrected chi connectivity index (χ1v) is 7.78. The molecule has 0 saturated carbocycles. The number of carbonyl (C=O) groups excluding carboxylic acids is 1. The third-order valence-electron chi connectivity index (χ3n) is 3.96. The minimum absolute atomic E-state index is 0.0628. The van der Waals surface area contributed by atoms with E-state index in [1.165, 1.54) is 19.8 Å². The van der Waals surface area contributed by atoms with Crippen LogP contribution >= 0.6 is 0 Å². The molecule has 2 aromatic rings. The van der Waals surface area contributed by atoms with Gasteiger partial charge in [0.1, 0.15) is 0 Å². The van der Waals surface area contributed by atoms with Crippen LogP contribution in [0.1, 0.15) is 31.4 Å². The number of piperidine rings is 1. The van der Waals surface area contributed by atoms with Gasteiger partial charge in [-0.1, -0.05) is 18.2 Å². The monoisotopic (exact) mass is 295 g/mol. The normalized spacial score (nSPS) is 18.0.